The summed E-state index contributed by atoms with van der Waals surface area (Å²) in [4.78, 5) is 45.4. The lowest BCUT2D eigenvalue weighted by molar-refractivity contribution is -0.174. The van der Waals surface area contributed by atoms with E-state index in [1.807, 2.05) is 33.8 Å². The molecular weight excluding hydrogens is 507 g/mol. The average molecular weight is 548 g/mol. The SMILES string of the molecule is CC1(C)C2CN(C(=O)CNC(=O)C(F)(F)F)CC21.CC1(C)CC(CC(C#N)NC=O)C(=O)N1.COC(C)C. The molecule has 216 valence electrons. The maximum Gasteiger partial charge on any atom is 0.471 e. The molecule has 4 amide bonds. The summed E-state index contributed by atoms with van der Waals surface area (Å²) in [5.41, 5.74) is 0.0366. The van der Waals surface area contributed by atoms with Crippen molar-refractivity contribution in [3.8, 4) is 6.07 Å². The lowest BCUT2D eigenvalue weighted by Crippen LogP contribution is -2.44. The van der Waals surface area contributed by atoms with Crippen LogP contribution < -0.4 is 16.0 Å². The summed E-state index contributed by atoms with van der Waals surface area (Å²) in [6.07, 6.45) is -2.98. The molecule has 4 unspecified atom stereocenters. The molecule has 0 radical (unpaired) electrons. The number of nitrogens with zero attached hydrogens (tertiary/aromatic N) is 2. The second-order valence-corrected chi connectivity index (χ2v) is 11.3. The third-order valence-corrected chi connectivity index (χ3v) is 7.14. The van der Waals surface area contributed by atoms with Crippen LogP contribution in [-0.2, 0) is 23.9 Å². The summed E-state index contributed by atoms with van der Waals surface area (Å²) < 4.78 is 40.5. The normalized spacial score (nSPS) is 24.8. The van der Waals surface area contributed by atoms with Crippen LogP contribution in [0.5, 0.6) is 0 Å². The number of nitrogens with one attached hydrogen (secondary N) is 3. The number of piperidine rings is 1. The fraction of sp³-hybridized carbons (Fsp3) is 0.800. The zero-order valence-corrected chi connectivity index (χ0v) is 23.1. The number of rotatable bonds is 7. The molecule has 0 spiro atoms. The fourth-order valence-electron chi connectivity index (χ4n) is 4.61. The van der Waals surface area contributed by atoms with Crippen molar-refractivity contribution in [1.29, 1.82) is 5.26 Å². The van der Waals surface area contributed by atoms with E-state index in [-0.39, 0.29) is 22.8 Å². The molecular formula is C25H40F3N5O5. The summed E-state index contributed by atoms with van der Waals surface area (Å²) >= 11 is 0. The van der Waals surface area contributed by atoms with Crippen LogP contribution in [0.3, 0.4) is 0 Å². The first-order chi connectivity index (χ1) is 17.4. The molecule has 3 aliphatic rings. The molecule has 1 saturated carbocycles. The van der Waals surface area contributed by atoms with Crippen LogP contribution in [0.15, 0.2) is 0 Å². The van der Waals surface area contributed by atoms with E-state index in [2.05, 4.69) is 24.5 Å². The minimum Gasteiger partial charge on any atom is -0.382 e. The fourth-order valence-corrected chi connectivity index (χ4v) is 4.61. The van der Waals surface area contributed by atoms with Crippen molar-refractivity contribution in [2.75, 3.05) is 26.7 Å². The summed E-state index contributed by atoms with van der Waals surface area (Å²) in [5.74, 6) is -1.85. The number of carbonyl (C=O) groups is 4. The van der Waals surface area contributed by atoms with E-state index in [9.17, 15) is 32.3 Å². The van der Waals surface area contributed by atoms with Gasteiger partial charge in [0.2, 0.25) is 18.2 Å². The largest absolute Gasteiger partial charge is 0.471 e. The van der Waals surface area contributed by atoms with Gasteiger partial charge in [-0.2, -0.15) is 18.4 Å². The van der Waals surface area contributed by atoms with Crippen molar-refractivity contribution in [2.24, 2.45) is 23.2 Å². The highest BCUT2D eigenvalue weighted by Gasteiger charge is 2.62. The van der Waals surface area contributed by atoms with Crippen LogP contribution in [0, 0.1) is 34.5 Å². The Morgan fingerprint density at radius 1 is 1.24 bits per heavy atom. The summed E-state index contributed by atoms with van der Waals surface area (Å²) in [6.45, 7) is 12.7. The number of alkyl halides is 3. The third kappa shape index (κ3) is 9.78. The second kappa shape index (κ2) is 13.3. The minimum absolute atomic E-state index is 0.0343. The van der Waals surface area contributed by atoms with E-state index in [4.69, 9.17) is 10.00 Å². The molecule has 0 bridgehead atoms. The highest BCUT2D eigenvalue weighted by atomic mass is 19.4. The van der Waals surface area contributed by atoms with Crippen molar-refractivity contribution in [2.45, 2.75) is 78.2 Å². The Labute approximate surface area is 222 Å². The summed E-state index contributed by atoms with van der Waals surface area (Å²) in [5, 5.41) is 15.6. The van der Waals surface area contributed by atoms with Crippen LogP contribution in [-0.4, -0.2) is 79.6 Å². The number of ether oxygens (including phenoxy) is 1. The molecule has 38 heavy (non-hydrogen) atoms. The zero-order chi connectivity index (χ0) is 29.5. The maximum atomic E-state index is 11.9. The van der Waals surface area contributed by atoms with Gasteiger partial charge in [0.1, 0.15) is 6.04 Å². The first-order valence-corrected chi connectivity index (χ1v) is 12.5. The minimum atomic E-state index is -4.94. The second-order valence-electron chi connectivity index (χ2n) is 11.3. The van der Waals surface area contributed by atoms with Crippen molar-refractivity contribution < 1.29 is 37.1 Å². The van der Waals surface area contributed by atoms with Crippen LogP contribution in [0.2, 0.25) is 0 Å². The number of fused-ring (bicyclic) bond motifs is 1. The highest BCUT2D eigenvalue weighted by molar-refractivity contribution is 5.87. The molecule has 3 fully saturated rings. The van der Waals surface area contributed by atoms with Gasteiger partial charge in [0.05, 0.1) is 18.7 Å². The molecule has 2 saturated heterocycles. The zero-order valence-electron chi connectivity index (χ0n) is 23.1. The van der Waals surface area contributed by atoms with Gasteiger partial charge < -0.3 is 25.6 Å². The lowest BCUT2D eigenvalue weighted by atomic mass is 9.92. The van der Waals surface area contributed by atoms with Crippen LogP contribution >= 0.6 is 0 Å². The average Bonchev–Trinajstić information content (AvgIpc) is 3.14. The Hall–Kier alpha value is -2.88. The Morgan fingerprint density at radius 2 is 1.76 bits per heavy atom. The van der Waals surface area contributed by atoms with E-state index < -0.39 is 30.6 Å². The number of carbonyl (C=O) groups excluding carboxylic acids is 4. The standard InChI is InChI=1S/C11H15F3N2O2.C10H15N3O2.C4H10O/c1-10(2)6-4-16(5-7(6)10)8(17)3-15-9(18)11(12,13)14;1-10(2)4-7(9(15)13-10)3-8(5-11)12-6-14;1-4(2)5-3/h6-7H,3-5H2,1-2H3,(H,15,18);6-8H,3-4H2,1-2H3,(H,12,14)(H,13,15);4H,1-3H3. The molecule has 3 rings (SSSR count). The summed E-state index contributed by atoms with van der Waals surface area (Å²) in [7, 11) is 1.70. The number of methoxy groups -OCH3 is 1. The molecule has 2 heterocycles. The Balaban J connectivity index is 0.000000327. The Kier molecular flexibility index (Phi) is 11.6. The van der Waals surface area contributed by atoms with E-state index in [1.165, 1.54) is 4.90 Å². The number of halogens is 3. The quantitative estimate of drug-likeness (QED) is 0.415. The topological polar surface area (TPSA) is 141 Å². The number of nitriles is 1. The number of amides is 4. The lowest BCUT2D eigenvalue weighted by Gasteiger charge is -2.22. The van der Waals surface area contributed by atoms with Crippen LogP contribution in [0.25, 0.3) is 0 Å². The van der Waals surface area contributed by atoms with E-state index in [0.717, 1.165) is 0 Å². The van der Waals surface area contributed by atoms with Gasteiger partial charge in [-0.1, -0.05) is 13.8 Å². The van der Waals surface area contributed by atoms with Crippen molar-refractivity contribution in [3.63, 3.8) is 0 Å². The monoisotopic (exact) mass is 547 g/mol. The molecule has 13 heteroatoms. The predicted molar refractivity (Wildman–Crippen MR) is 132 cm³/mol. The van der Waals surface area contributed by atoms with E-state index >= 15 is 0 Å². The van der Waals surface area contributed by atoms with Gasteiger partial charge in [-0.15, -0.1) is 0 Å². The van der Waals surface area contributed by atoms with Crippen LogP contribution in [0.4, 0.5) is 13.2 Å². The van der Waals surface area contributed by atoms with Gasteiger partial charge in [-0.3, -0.25) is 19.2 Å². The summed E-state index contributed by atoms with van der Waals surface area (Å²) in [6, 6.07) is 1.38. The Morgan fingerprint density at radius 3 is 2.13 bits per heavy atom. The van der Waals surface area contributed by atoms with Crippen molar-refractivity contribution >= 4 is 24.1 Å². The molecule has 1 aliphatic carbocycles. The Bertz CT molecular complexity index is 887. The van der Waals surface area contributed by atoms with Gasteiger partial charge in [0, 0.05) is 31.7 Å². The third-order valence-electron chi connectivity index (χ3n) is 7.14. The van der Waals surface area contributed by atoms with Gasteiger partial charge in [-0.05, 0) is 57.8 Å². The van der Waals surface area contributed by atoms with Gasteiger partial charge in [-0.25, -0.2) is 0 Å². The van der Waals surface area contributed by atoms with Crippen molar-refractivity contribution in [3.05, 3.63) is 0 Å². The molecule has 0 aromatic rings. The van der Waals surface area contributed by atoms with E-state index in [1.54, 1.807) is 12.4 Å². The predicted octanol–water partition coefficient (Wildman–Crippen LogP) is 1.75. The van der Waals surface area contributed by atoms with Gasteiger partial charge >= 0.3 is 12.1 Å². The molecule has 2 aliphatic heterocycles. The number of hydrogen-bond acceptors (Lipinski definition) is 6. The highest BCUT2D eigenvalue weighted by Crippen LogP contribution is 2.61. The maximum absolute atomic E-state index is 11.9. The smallest absolute Gasteiger partial charge is 0.382 e. The number of likely N-dealkylation sites (tertiary alicyclic amines) is 1. The first-order valence-electron chi connectivity index (χ1n) is 12.5. The van der Waals surface area contributed by atoms with Gasteiger partial charge in [0.25, 0.3) is 0 Å². The molecule has 0 aromatic carbocycles. The molecule has 10 nitrogen and oxygen atoms in total. The molecule has 3 N–H and O–H groups in total. The number of hydrogen-bond donors (Lipinski definition) is 3. The van der Waals surface area contributed by atoms with Gasteiger partial charge in [0.15, 0.2) is 0 Å². The van der Waals surface area contributed by atoms with Crippen LogP contribution in [0.1, 0.15) is 54.4 Å². The first kappa shape index (κ1) is 33.1. The molecule has 4 atom stereocenters. The van der Waals surface area contributed by atoms with Crippen molar-refractivity contribution in [1.82, 2.24) is 20.9 Å². The van der Waals surface area contributed by atoms with E-state index in [0.29, 0.717) is 50.3 Å². The molecule has 0 aromatic heterocycles.